The van der Waals surface area contributed by atoms with E-state index in [1.54, 1.807) is 19.1 Å². The zero-order valence-corrected chi connectivity index (χ0v) is 17.1. The summed E-state index contributed by atoms with van der Waals surface area (Å²) in [5.41, 5.74) is 2.38. The van der Waals surface area contributed by atoms with Crippen molar-refractivity contribution in [1.82, 2.24) is 0 Å². The Morgan fingerprint density at radius 2 is 1.89 bits per heavy atom. The quantitative estimate of drug-likeness (QED) is 0.641. The third-order valence-corrected chi connectivity index (χ3v) is 5.72. The van der Waals surface area contributed by atoms with Crippen LogP contribution >= 0.6 is 23.2 Å². The summed E-state index contributed by atoms with van der Waals surface area (Å²) in [6.07, 6.45) is 0.938. The van der Waals surface area contributed by atoms with Crippen LogP contribution in [0.4, 0.5) is 15.8 Å². The number of hydrogen-bond acceptors (Lipinski definition) is 4. The zero-order chi connectivity index (χ0) is 20.5. The molecule has 2 aromatic carbocycles. The van der Waals surface area contributed by atoms with Gasteiger partial charge in [0.1, 0.15) is 5.82 Å². The van der Waals surface area contributed by atoms with Gasteiger partial charge in [0.2, 0.25) is 0 Å². The normalized spacial score (nSPS) is 16.1. The second kappa shape index (κ2) is 8.29. The molecule has 0 spiro atoms. The van der Waals surface area contributed by atoms with Crippen molar-refractivity contribution in [3.05, 3.63) is 63.9 Å². The van der Waals surface area contributed by atoms with E-state index in [1.807, 2.05) is 12.1 Å². The number of nitrogens with one attached hydrogen (secondary N) is 1. The molecular weight excluding hydrogens is 402 g/mol. The maximum absolute atomic E-state index is 13.7. The van der Waals surface area contributed by atoms with Crippen LogP contribution in [0.3, 0.4) is 0 Å². The molecular formula is C21H23Cl2FN2O2. The first-order chi connectivity index (χ1) is 13.2. The highest BCUT2D eigenvalue weighted by Crippen LogP contribution is 2.34. The lowest BCUT2D eigenvalue weighted by molar-refractivity contribution is -0.0325. The molecule has 0 aromatic heterocycles. The number of aliphatic hydroxyl groups is 2. The van der Waals surface area contributed by atoms with Crippen LogP contribution in [0.25, 0.3) is 5.70 Å². The summed E-state index contributed by atoms with van der Waals surface area (Å²) < 4.78 is 13.7. The number of benzene rings is 2. The number of halogens is 3. The van der Waals surface area contributed by atoms with Gasteiger partial charge >= 0.3 is 0 Å². The van der Waals surface area contributed by atoms with Gasteiger partial charge in [-0.15, -0.1) is 0 Å². The minimum absolute atomic E-state index is 0.0526. The molecule has 1 aliphatic rings. The Balaban J connectivity index is 1.78. The van der Waals surface area contributed by atoms with E-state index in [-0.39, 0.29) is 11.6 Å². The number of rotatable bonds is 5. The van der Waals surface area contributed by atoms with Gasteiger partial charge in [0.15, 0.2) is 0 Å². The van der Waals surface area contributed by atoms with Crippen LogP contribution in [0.15, 0.2) is 36.9 Å². The lowest BCUT2D eigenvalue weighted by Crippen LogP contribution is -2.46. The fourth-order valence-corrected chi connectivity index (χ4v) is 3.81. The van der Waals surface area contributed by atoms with Crippen LogP contribution in [0.5, 0.6) is 0 Å². The summed E-state index contributed by atoms with van der Waals surface area (Å²) in [6, 6.07) is 8.77. The van der Waals surface area contributed by atoms with E-state index in [9.17, 15) is 14.6 Å². The summed E-state index contributed by atoms with van der Waals surface area (Å²) in [4.78, 5) is 2.09. The Hall–Kier alpha value is -1.79. The zero-order valence-electron chi connectivity index (χ0n) is 15.6. The van der Waals surface area contributed by atoms with Crippen LogP contribution in [0.1, 0.15) is 24.0 Å². The number of aryl methyl sites for hydroxylation is 1. The average molecular weight is 425 g/mol. The van der Waals surface area contributed by atoms with Gasteiger partial charge in [-0.1, -0.05) is 35.8 Å². The fraction of sp³-hybridized carbons (Fsp3) is 0.333. The average Bonchev–Trinajstić information content (AvgIpc) is 2.67. The minimum Gasteiger partial charge on any atom is -0.393 e. The molecule has 28 heavy (non-hydrogen) atoms. The first kappa shape index (κ1) is 20.9. The molecule has 0 aliphatic carbocycles. The summed E-state index contributed by atoms with van der Waals surface area (Å²) in [5, 5.41) is 23.4. The molecule has 0 atom stereocenters. The summed E-state index contributed by atoms with van der Waals surface area (Å²) >= 11 is 12.3. The standard InChI is InChI=1S/C21H23Cl2FN2O2/c1-13-9-16(11-18(23)20(13)24)25-14(2)15-3-4-17(22)19(10-15)26-7-5-21(28,12-27)6-8-26/h3-4,9-11,25,27-28H,2,5-8,12H2,1H3. The van der Waals surface area contributed by atoms with E-state index >= 15 is 0 Å². The molecule has 0 amide bonds. The Kier molecular flexibility index (Phi) is 6.20. The van der Waals surface area contributed by atoms with E-state index < -0.39 is 11.4 Å². The third kappa shape index (κ3) is 4.44. The Morgan fingerprint density at radius 1 is 1.21 bits per heavy atom. The Labute approximate surface area is 174 Å². The van der Waals surface area contributed by atoms with Gasteiger partial charge in [0, 0.05) is 24.5 Å². The maximum atomic E-state index is 13.7. The molecule has 1 aliphatic heterocycles. The van der Waals surface area contributed by atoms with Crippen LogP contribution in [0, 0.1) is 12.7 Å². The predicted octanol–water partition coefficient (Wildman–Crippen LogP) is 4.85. The van der Waals surface area contributed by atoms with E-state index in [1.165, 1.54) is 6.07 Å². The van der Waals surface area contributed by atoms with Gasteiger partial charge in [-0.2, -0.15) is 0 Å². The minimum atomic E-state index is -1.02. The molecule has 1 fully saturated rings. The first-order valence-electron chi connectivity index (χ1n) is 9.02. The highest BCUT2D eigenvalue weighted by atomic mass is 35.5. The van der Waals surface area contributed by atoms with Gasteiger partial charge in [0.05, 0.1) is 27.9 Å². The lowest BCUT2D eigenvalue weighted by atomic mass is 9.92. The smallest absolute Gasteiger partial charge is 0.144 e. The number of piperidine rings is 1. The van der Waals surface area contributed by atoms with Crippen LogP contribution < -0.4 is 10.2 Å². The van der Waals surface area contributed by atoms with Gasteiger partial charge in [-0.3, -0.25) is 0 Å². The molecule has 0 radical (unpaired) electrons. The second-order valence-electron chi connectivity index (χ2n) is 7.23. The lowest BCUT2D eigenvalue weighted by Gasteiger charge is -2.38. The summed E-state index contributed by atoms with van der Waals surface area (Å²) in [6.45, 7) is 6.66. The fourth-order valence-electron chi connectivity index (χ4n) is 3.31. The topological polar surface area (TPSA) is 55.7 Å². The molecule has 0 saturated carbocycles. The Bertz CT molecular complexity index is 873. The first-order valence-corrected chi connectivity index (χ1v) is 9.78. The van der Waals surface area contributed by atoms with E-state index in [4.69, 9.17) is 23.2 Å². The van der Waals surface area contributed by atoms with Gasteiger partial charge < -0.3 is 20.4 Å². The number of nitrogens with zero attached hydrogens (tertiary/aromatic N) is 1. The van der Waals surface area contributed by atoms with Crippen molar-refractivity contribution >= 4 is 40.3 Å². The van der Waals surface area contributed by atoms with Crippen LogP contribution in [-0.4, -0.2) is 35.5 Å². The van der Waals surface area contributed by atoms with Gasteiger partial charge in [-0.05, 0) is 55.2 Å². The van der Waals surface area contributed by atoms with E-state index in [2.05, 4.69) is 16.8 Å². The molecule has 4 nitrogen and oxygen atoms in total. The van der Waals surface area contributed by atoms with Crippen molar-refractivity contribution in [2.45, 2.75) is 25.4 Å². The summed E-state index contributed by atoms with van der Waals surface area (Å²) in [7, 11) is 0. The van der Waals surface area contributed by atoms with Crippen LogP contribution in [0.2, 0.25) is 10.0 Å². The molecule has 3 N–H and O–H groups in total. The van der Waals surface area contributed by atoms with Crippen molar-refractivity contribution in [3.8, 4) is 0 Å². The summed E-state index contributed by atoms with van der Waals surface area (Å²) in [5.74, 6) is -0.431. The molecule has 2 aromatic rings. The molecule has 1 saturated heterocycles. The molecule has 7 heteroatoms. The monoisotopic (exact) mass is 424 g/mol. The van der Waals surface area contributed by atoms with Crippen molar-refractivity contribution in [1.29, 1.82) is 0 Å². The SMILES string of the molecule is C=C(Nc1cc(C)c(F)c(Cl)c1)c1ccc(Cl)c(N2CCC(O)(CO)CC2)c1. The number of anilines is 2. The van der Waals surface area contributed by atoms with Crippen molar-refractivity contribution in [3.63, 3.8) is 0 Å². The predicted molar refractivity (Wildman–Crippen MR) is 114 cm³/mol. The van der Waals surface area contributed by atoms with Crippen LogP contribution in [-0.2, 0) is 0 Å². The second-order valence-corrected chi connectivity index (χ2v) is 8.04. The molecule has 150 valence electrons. The van der Waals surface area contributed by atoms with E-state index in [0.29, 0.717) is 47.9 Å². The molecule has 3 rings (SSSR count). The van der Waals surface area contributed by atoms with E-state index in [0.717, 1.165) is 11.3 Å². The van der Waals surface area contributed by atoms with Crippen molar-refractivity contribution in [2.75, 3.05) is 29.9 Å². The Morgan fingerprint density at radius 3 is 2.50 bits per heavy atom. The highest BCUT2D eigenvalue weighted by molar-refractivity contribution is 6.33. The number of aliphatic hydroxyl groups excluding tert-OH is 1. The van der Waals surface area contributed by atoms with Gasteiger partial charge in [-0.25, -0.2) is 4.39 Å². The maximum Gasteiger partial charge on any atom is 0.144 e. The van der Waals surface area contributed by atoms with Crippen molar-refractivity contribution in [2.24, 2.45) is 0 Å². The molecule has 1 heterocycles. The van der Waals surface area contributed by atoms with Gasteiger partial charge in [0.25, 0.3) is 0 Å². The molecule has 0 unspecified atom stereocenters. The largest absolute Gasteiger partial charge is 0.393 e. The molecule has 0 bridgehead atoms. The highest BCUT2D eigenvalue weighted by Gasteiger charge is 2.32. The van der Waals surface area contributed by atoms with Crippen molar-refractivity contribution < 1.29 is 14.6 Å². The third-order valence-electron chi connectivity index (χ3n) is 5.13. The number of hydrogen-bond donors (Lipinski definition) is 3.